The van der Waals surface area contributed by atoms with Crippen molar-refractivity contribution in [1.82, 2.24) is 4.90 Å². The van der Waals surface area contributed by atoms with E-state index in [-0.39, 0.29) is 30.8 Å². The third kappa shape index (κ3) is 4.77. The number of para-hydroxylation sites is 1. The molecule has 1 spiro atoms. The van der Waals surface area contributed by atoms with E-state index in [2.05, 4.69) is 24.3 Å². The molecule has 1 saturated heterocycles. The van der Waals surface area contributed by atoms with Crippen molar-refractivity contribution < 1.29 is 23.8 Å². The van der Waals surface area contributed by atoms with E-state index in [1.54, 1.807) is 4.90 Å². The maximum Gasteiger partial charge on any atom is 0.410 e. The Morgan fingerprint density at radius 3 is 2.23 bits per heavy atom. The van der Waals surface area contributed by atoms with Crippen LogP contribution in [0.4, 0.5) is 10.5 Å². The lowest BCUT2D eigenvalue weighted by molar-refractivity contribution is -0.122. The first-order valence-electron chi connectivity index (χ1n) is 15.2. The van der Waals surface area contributed by atoms with Crippen molar-refractivity contribution in [2.45, 2.75) is 50.4 Å². The van der Waals surface area contributed by atoms with E-state index in [9.17, 15) is 9.59 Å². The normalized spacial score (nSPS) is 20.5. The number of nitrogens with zero attached hydrogens (tertiary/aromatic N) is 2. The summed E-state index contributed by atoms with van der Waals surface area (Å²) in [5, 5.41) is 0. The Morgan fingerprint density at radius 2 is 1.55 bits per heavy atom. The molecule has 2 amide bonds. The molecule has 44 heavy (non-hydrogen) atoms. The number of amides is 2. The van der Waals surface area contributed by atoms with Crippen LogP contribution in [0.15, 0.2) is 103 Å². The lowest BCUT2D eigenvalue weighted by Gasteiger charge is -2.31. The lowest BCUT2D eigenvalue weighted by atomic mass is 9.77. The Hall–Kier alpha value is -4.78. The molecule has 3 aliphatic rings. The number of fused-ring (bicyclic) bond motifs is 4. The second-order valence-corrected chi connectivity index (χ2v) is 12.7. The van der Waals surface area contributed by atoms with Crippen LogP contribution in [0.5, 0.6) is 11.5 Å². The summed E-state index contributed by atoms with van der Waals surface area (Å²) in [4.78, 5) is 31.0. The molecule has 0 N–H and O–H groups in total. The summed E-state index contributed by atoms with van der Waals surface area (Å²) in [5.74, 6) is 1.29. The third-order valence-electron chi connectivity index (χ3n) is 8.65. The van der Waals surface area contributed by atoms with Gasteiger partial charge in [-0.15, -0.1) is 0 Å². The largest absolute Gasteiger partial charge is 0.491 e. The maximum absolute atomic E-state index is 14.9. The highest BCUT2D eigenvalue weighted by atomic mass is 16.6. The predicted molar refractivity (Wildman–Crippen MR) is 168 cm³/mol. The van der Waals surface area contributed by atoms with E-state index in [4.69, 9.17) is 14.2 Å². The summed E-state index contributed by atoms with van der Waals surface area (Å²) < 4.78 is 18.1. The number of hydrogen-bond donors (Lipinski definition) is 0. The van der Waals surface area contributed by atoms with Gasteiger partial charge in [0.2, 0.25) is 5.91 Å². The summed E-state index contributed by atoms with van der Waals surface area (Å²) >= 11 is 0. The topological polar surface area (TPSA) is 68.3 Å². The summed E-state index contributed by atoms with van der Waals surface area (Å²) in [6.45, 7) is 6.84. The highest BCUT2D eigenvalue weighted by molar-refractivity contribution is 6.12. The number of likely N-dealkylation sites (tertiary alicyclic amines) is 1. The molecule has 4 aromatic rings. The molecular formula is C37H36N2O5. The van der Waals surface area contributed by atoms with Crippen molar-refractivity contribution in [3.05, 3.63) is 125 Å². The second kappa shape index (κ2) is 10.7. The van der Waals surface area contributed by atoms with Gasteiger partial charge >= 0.3 is 6.09 Å². The smallest absolute Gasteiger partial charge is 0.410 e. The van der Waals surface area contributed by atoms with Gasteiger partial charge in [-0.2, -0.15) is 0 Å². The zero-order valence-electron chi connectivity index (χ0n) is 25.2. The Bertz CT molecular complexity index is 1660. The number of rotatable bonds is 5. The van der Waals surface area contributed by atoms with Crippen molar-refractivity contribution in [2.24, 2.45) is 0 Å². The van der Waals surface area contributed by atoms with Crippen molar-refractivity contribution in [2.75, 3.05) is 24.6 Å². The molecule has 7 rings (SSSR count). The number of benzene rings is 4. The number of hydrogen-bond acceptors (Lipinski definition) is 5. The van der Waals surface area contributed by atoms with E-state index in [1.807, 2.05) is 105 Å². The summed E-state index contributed by atoms with van der Waals surface area (Å²) in [6, 6.07) is 33.9. The van der Waals surface area contributed by atoms with Crippen molar-refractivity contribution >= 4 is 17.7 Å². The molecule has 1 fully saturated rings. The first kappa shape index (κ1) is 28.0. The molecule has 7 nitrogen and oxygen atoms in total. The molecule has 3 aliphatic heterocycles. The van der Waals surface area contributed by atoms with E-state index >= 15 is 0 Å². The fourth-order valence-corrected chi connectivity index (χ4v) is 6.71. The molecule has 0 aliphatic carbocycles. The van der Waals surface area contributed by atoms with Gasteiger partial charge in [0, 0.05) is 30.3 Å². The minimum atomic E-state index is -0.965. The average Bonchev–Trinajstić information content (AvgIpc) is 3.71. The molecule has 0 radical (unpaired) electrons. The average molecular weight is 589 g/mol. The van der Waals surface area contributed by atoms with E-state index in [1.165, 1.54) is 0 Å². The minimum absolute atomic E-state index is 0.00683. The first-order valence-corrected chi connectivity index (χ1v) is 15.2. The quantitative estimate of drug-likeness (QED) is 0.254. The molecule has 2 atom stereocenters. The Labute approximate surface area is 258 Å². The molecule has 224 valence electrons. The molecule has 7 heteroatoms. The van der Waals surface area contributed by atoms with Crippen LogP contribution in [-0.4, -0.2) is 48.3 Å². The van der Waals surface area contributed by atoms with Crippen LogP contribution < -0.4 is 14.4 Å². The van der Waals surface area contributed by atoms with Gasteiger partial charge in [0.05, 0.1) is 12.6 Å². The molecule has 2 unspecified atom stereocenters. The second-order valence-electron chi connectivity index (χ2n) is 12.7. The van der Waals surface area contributed by atoms with Crippen LogP contribution in [0.2, 0.25) is 0 Å². The van der Waals surface area contributed by atoms with Crippen molar-refractivity contribution in [3.63, 3.8) is 0 Å². The third-order valence-corrected chi connectivity index (χ3v) is 8.65. The lowest BCUT2D eigenvalue weighted by Crippen LogP contribution is -2.44. The van der Waals surface area contributed by atoms with Gasteiger partial charge < -0.3 is 19.1 Å². The Balaban J connectivity index is 1.20. The zero-order chi connectivity index (χ0) is 30.5. The molecular weight excluding hydrogens is 552 g/mol. The van der Waals surface area contributed by atoms with E-state index in [0.717, 1.165) is 27.9 Å². The Kier molecular flexibility index (Phi) is 6.84. The van der Waals surface area contributed by atoms with Gasteiger partial charge in [0.15, 0.2) is 0 Å². The van der Waals surface area contributed by atoms with Crippen LogP contribution >= 0.6 is 0 Å². The van der Waals surface area contributed by atoms with Crippen molar-refractivity contribution in [1.29, 1.82) is 0 Å². The van der Waals surface area contributed by atoms with Gasteiger partial charge in [-0.05, 0) is 49.6 Å². The van der Waals surface area contributed by atoms with Gasteiger partial charge in [0.1, 0.15) is 35.2 Å². The minimum Gasteiger partial charge on any atom is -0.491 e. The van der Waals surface area contributed by atoms with E-state index in [0.29, 0.717) is 31.0 Å². The fourth-order valence-electron chi connectivity index (χ4n) is 6.71. The van der Waals surface area contributed by atoms with Gasteiger partial charge in [-0.25, -0.2) is 4.79 Å². The molecule has 0 bridgehead atoms. The number of carbonyl (C=O) groups excluding carboxylic acids is 2. The fraction of sp³-hybridized carbons (Fsp3) is 0.297. The molecule has 0 aromatic heterocycles. The van der Waals surface area contributed by atoms with Crippen molar-refractivity contribution in [3.8, 4) is 11.5 Å². The van der Waals surface area contributed by atoms with Gasteiger partial charge in [-0.3, -0.25) is 9.69 Å². The monoisotopic (exact) mass is 588 g/mol. The SMILES string of the molecule is CC(C)(C)OC(=O)N1CCC(Oc2ccc3c(c2)OCC32C(=O)N(C(c3ccccc3)c3ccccc3)c3ccccc32)C1. The highest BCUT2D eigenvalue weighted by Crippen LogP contribution is 2.55. The number of carbonyl (C=O) groups is 2. The first-order chi connectivity index (χ1) is 21.2. The van der Waals surface area contributed by atoms with Crippen LogP contribution in [0.1, 0.15) is 55.5 Å². The number of ether oxygens (including phenoxy) is 3. The zero-order valence-corrected chi connectivity index (χ0v) is 25.2. The van der Waals surface area contributed by atoms with Gasteiger partial charge in [-0.1, -0.05) is 84.9 Å². The Morgan fingerprint density at radius 1 is 0.886 bits per heavy atom. The van der Waals surface area contributed by atoms with Crippen LogP contribution in [0.25, 0.3) is 0 Å². The van der Waals surface area contributed by atoms with E-state index < -0.39 is 11.0 Å². The summed E-state index contributed by atoms with van der Waals surface area (Å²) in [6.07, 6.45) is 0.232. The maximum atomic E-state index is 14.9. The molecule has 0 saturated carbocycles. The van der Waals surface area contributed by atoms with Crippen LogP contribution in [0, 0.1) is 0 Å². The van der Waals surface area contributed by atoms with Crippen LogP contribution in [-0.2, 0) is 14.9 Å². The predicted octanol–water partition coefficient (Wildman–Crippen LogP) is 6.89. The summed E-state index contributed by atoms with van der Waals surface area (Å²) in [5.41, 5.74) is 3.24. The van der Waals surface area contributed by atoms with Gasteiger partial charge in [0.25, 0.3) is 0 Å². The van der Waals surface area contributed by atoms with Crippen LogP contribution in [0.3, 0.4) is 0 Å². The number of anilines is 1. The standard InChI is InChI=1S/C37H36N2O5/c1-36(2,3)44-35(41)38-21-20-28(23-38)43-27-18-19-30-32(22-27)42-24-37(30)29-16-10-11-17-31(29)39(34(37)40)33(25-12-6-4-7-13-25)26-14-8-5-9-15-26/h4-19,22,28,33H,20-21,23-24H2,1-3H3. The molecule has 4 aromatic carbocycles. The summed E-state index contributed by atoms with van der Waals surface area (Å²) in [7, 11) is 0. The molecule has 3 heterocycles. The highest BCUT2D eigenvalue weighted by Gasteiger charge is 2.58.